The number of ether oxygens (including phenoxy) is 2. The Morgan fingerprint density at radius 3 is 2.43 bits per heavy atom. The quantitative estimate of drug-likeness (QED) is 0.650. The van der Waals surface area contributed by atoms with Gasteiger partial charge in [0.1, 0.15) is 6.10 Å². The first-order chi connectivity index (χ1) is 11.0. The minimum atomic E-state index is -0.492. The maximum atomic E-state index is 11.4. The second kappa shape index (κ2) is 11.0. The molecule has 1 aromatic rings. The van der Waals surface area contributed by atoms with E-state index in [0.717, 1.165) is 25.0 Å². The molecule has 0 aliphatic heterocycles. The van der Waals surface area contributed by atoms with Crippen LogP contribution in [0.3, 0.4) is 0 Å². The topological polar surface area (TPSA) is 67.8 Å². The fourth-order valence-electron chi connectivity index (χ4n) is 2.19. The highest BCUT2D eigenvalue weighted by Gasteiger charge is 2.09. The van der Waals surface area contributed by atoms with Gasteiger partial charge in [-0.3, -0.25) is 0 Å². The molecule has 1 aromatic carbocycles. The van der Waals surface area contributed by atoms with Crippen LogP contribution in [0.15, 0.2) is 24.3 Å². The van der Waals surface area contributed by atoms with Crippen molar-refractivity contribution in [2.45, 2.75) is 52.2 Å². The predicted molar refractivity (Wildman–Crippen MR) is 90.6 cm³/mol. The van der Waals surface area contributed by atoms with E-state index in [-0.39, 0.29) is 25.4 Å². The van der Waals surface area contributed by atoms with E-state index in [9.17, 15) is 4.79 Å². The molecule has 0 aliphatic carbocycles. The van der Waals surface area contributed by atoms with Crippen LogP contribution < -0.4 is 5.32 Å². The number of amides is 1. The number of aliphatic hydroxyl groups excluding tert-OH is 1. The molecule has 0 heterocycles. The molecule has 0 radical (unpaired) electrons. The molecule has 5 nitrogen and oxygen atoms in total. The van der Waals surface area contributed by atoms with Crippen molar-refractivity contribution in [3.05, 3.63) is 35.4 Å². The molecule has 0 aliphatic rings. The fraction of sp³-hybridized carbons (Fsp3) is 0.611. The summed E-state index contributed by atoms with van der Waals surface area (Å²) in [7, 11) is 0. The van der Waals surface area contributed by atoms with Gasteiger partial charge in [-0.2, -0.15) is 0 Å². The lowest BCUT2D eigenvalue weighted by Gasteiger charge is -2.14. The van der Waals surface area contributed by atoms with Crippen LogP contribution in [0.1, 0.15) is 38.3 Å². The third-order valence-corrected chi connectivity index (χ3v) is 3.30. The van der Waals surface area contributed by atoms with Gasteiger partial charge in [0.15, 0.2) is 0 Å². The molecule has 0 saturated heterocycles. The van der Waals surface area contributed by atoms with Gasteiger partial charge in [-0.15, -0.1) is 0 Å². The van der Waals surface area contributed by atoms with Crippen LogP contribution in [-0.4, -0.2) is 43.2 Å². The number of hydrogen-bond acceptors (Lipinski definition) is 4. The number of rotatable bonds is 10. The van der Waals surface area contributed by atoms with E-state index in [1.54, 1.807) is 0 Å². The highest BCUT2D eigenvalue weighted by atomic mass is 16.6. The van der Waals surface area contributed by atoms with Gasteiger partial charge in [-0.25, -0.2) is 4.79 Å². The molecular formula is C18H29NO4. The number of aliphatic hydroxyl groups is 1. The normalized spacial score (nSPS) is 12.2. The molecule has 0 saturated carbocycles. The molecule has 0 aromatic heterocycles. The average Bonchev–Trinajstić information content (AvgIpc) is 2.50. The summed E-state index contributed by atoms with van der Waals surface area (Å²) >= 11 is 0. The molecule has 0 bridgehead atoms. The molecule has 5 heteroatoms. The lowest BCUT2D eigenvalue weighted by atomic mass is 10.0. The molecule has 0 fully saturated rings. The van der Waals surface area contributed by atoms with Crippen molar-refractivity contribution in [3.8, 4) is 0 Å². The van der Waals surface area contributed by atoms with Gasteiger partial charge in [-0.1, -0.05) is 24.3 Å². The van der Waals surface area contributed by atoms with E-state index in [2.05, 4.69) is 29.6 Å². The van der Waals surface area contributed by atoms with Crippen LogP contribution in [0, 0.1) is 0 Å². The Labute approximate surface area is 139 Å². The van der Waals surface area contributed by atoms with Crippen LogP contribution >= 0.6 is 0 Å². The second-order valence-corrected chi connectivity index (χ2v) is 5.91. The summed E-state index contributed by atoms with van der Waals surface area (Å²) in [6.45, 7) is 6.85. The number of benzene rings is 1. The lowest BCUT2D eigenvalue weighted by Crippen LogP contribution is -2.30. The summed E-state index contributed by atoms with van der Waals surface area (Å²) in [6, 6.07) is 8.38. The van der Waals surface area contributed by atoms with Crippen molar-refractivity contribution < 1.29 is 19.4 Å². The van der Waals surface area contributed by atoms with Crippen molar-refractivity contribution in [2.24, 2.45) is 0 Å². The Morgan fingerprint density at radius 1 is 1.17 bits per heavy atom. The first-order valence-corrected chi connectivity index (χ1v) is 8.26. The summed E-state index contributed by atoms with van der Waals surface area (Å²) in [5.41, 5.74) is 2.42. The average molecular weight is 323 g/mol. The van der Waals surface area contributed by atoms with Crippen LogP contribution in [-0.2, 0) is 22.3 Å². The van der Waals surface area contributed by atoms with Crippen molar-refractivity contribution >= 4 is 6.09 Å². The summed E-state index contributed by atoms with van der Waals surface area (Å²) in [4.78, 5) is 11.4. The molecule has 23 heavy (non-hydrogen) atoms. The van der Waals surface area contributed by atoms with Crippen molar-refractivity contribution in [2.75, 3.05) is 19.8 Å². The Balaban J connectivity index is 2.31. The highest BCUT2D eigenvalue weighted by molar-refractivity contribution is 5.67. The van der Waals surface area contributed by atoms with Gasteiger partial charge < -0.3 is 19.9 Å². The van der Waals surface area contributed by atoms with Crippen LogP contribution in [0.5, 0.6) is 0 Å². The third kappa shape index (κ3) is 9.21. The Kier molecular flexibility index (Phi) is 9.33. The molecule has 1 unspecified atom stereocenters. The standard InChI is InChI=1S/C18H29NO4/c1-14(2)22-12-4-5-16-6-8-17(9-7-16)13-15(3)23-18(21)19-10-11-20/h6-9,14-15,20H,4-5,10-13H2,1-3H3,(H,19,21). The third-order valence-electron chi connectivity index (χ3n) is 3.30. The van der Waals surface area contributed by atoms with E-state index in [0.29, 0.717) is 6.42 Å². The zero-order valence-electron chi connectivity index (χ0n) is 14.4. The molecule has 1 rings (SSSR count). The number of nitrogens with one attached hydrogen (secondary N) is 1. The van der Waals surface area contributed by atoms with E-state index in [1.807, 2.05) is 20.8 Å². The van der Waals surface area contributed by atoms with E-state index in [4.69, 9.17) is 14.6 Å². The molecule has 1 atom stereocenters. The SMILES string of the molecule is CC(C)OCCCc1ccc(CC(C)OC(=O)NCCO)cc1. The second-order valence-electron chi connectivity index (χ2n) is 5.91. The fourth-order valence-corrected chi connectivity index (χ4v) is 2.19. The number of hydrogen-bond donors (Lipinski definition) is 2. The number of alkyl carbamates (subject to hydrolysis) is 1. The minimum Gasteiger partial charge on any atom is -0.446 e. The number of aryl methyl sites for hydroxylation is 1. The molecular weight excluding hydrogens is 294 g/mol. The Bertz CT molecular complexity index is 445. The largest absolute Gasteiger partial charge is 0.446 e. The zero-order valence-corrected chi connectivity index (χ0v) is 14.4. The van der Waals surface area contributed by atoms with E-state index >= 15 is 0 Å². The first kappa shape index (κ1) is 19.5. The summed E-state index contributed by atoms with van der Waals surface area (Å²) < 4.78 is 10.7. The molecule has 2 N–H and O–H groups in total. The first-order valence-electron chi connectivity index (χ1n) is 8.26. The maximum Gasteiger partial charge on any atom is 0.407 e. The van der Waals surface area contributed by atoms with Gasteiger partial charge in [0.2, 0.25) is 0 Å². The molecule has 130 valence electrons. The molecule has 0 spiro atoms. The highest BCUT2D eigenvalue weighted by Crippen LogP contribution is 2.10. The lowest BCUT2D eigenvalue weighted by molar-refractivity contribution is 0.0772. The summed E-state index contributed by atoms with van der Waals surface area (Å²) in [5.74, 6) is 0. The van der Waals surface area contributed by atoms with Crippen molar-refractivity contribution in [1.82, 2.24) is 5.32 Å². The zero-order chi connectivity index (χ0) is 17.1. The van der Waals surface area contributed by atoms with Crippen LogP contribution in [0.25, 0.3) is 0 Å². The van der Waals surface area contributed by atoms with Crippen LogP contribution in [0.2, 0.25) is 0 Å². The van der Waals surface area contributed by atoms with E-state index < -0.39 is 6.09 Å². The smallest absolute Gasteiger partial charge is 0.407 e. The van der Waals surface area contributed by atoms with Gasteiger partial charge in [0, 0.05) is 19.6 Å². The summed E-state index contributed by atoms with van der Waals surface area (Å²) in [6.07, 6.45) is 2.27. The predicted octanol–water partition coefficient (Wildman–Crippen LogP) is 2.69. The van der Waals surface area contributed by atoms with Crippen molar-refractivity contribution in [3.63, 3.8) is 0 Å². The van der Waals surface area contributed by atoms with Gasteiger partial charge in [0.25, 0.3) is 0 Å². The van der Waals surface area contributed by atoms with E-state index in [1.165, 1.54) is 5.56 Å². The van der Waals surface area contributed by atoms with Crippen molar-refractivity contribution in [1.29, 1.82) is 0 Å². The molecule has 1 amide bonds. The van der Waals surface area contributed by atoms with Gasteiger partial charge >= 0.3 is 6.09 Å². The Morgan fingerprint density at radius 2 is 1.83 bits per heavy atom. The van der Waals surface area contributed by atoms with Gasteiger partial charge in [0.05, 0.1) is 12.7 Å². The number of carbonyl (C=O) groups excluding carboxylic acids is 1. The van der Waals surface area contributed by atoms with Gasteiger partial charge in [-0.05, 0) is 44.7 Å². The summed E-state index contributed by atoms with van der Waals surface area (Å²) in [5, 5.41) is 11.1. The number of carbonyl (C=O) groups is 1. The Hall–Kier alpha value is -1.59. The van der Waals surface area contributed by atoms with Crippen LogP contribution in [0.4, 0.5) is 4.79 Å². The monoisotopic (exact) mass is 323 g/mol. The maximum absolute atomic E-state index is 11.4. The minimum absolute atomic E-state index is 0.0901.